The van der Waals surface area contributed by atoms with E-state index in [9.17, 15) is 0 Å². The number of thiophene rings is 1. The van der Waals surface area contributed by atoms with Gasteiger partial charge in [0.25, 0.3) is 0 Å². The second kappa shape index (κ2) is 8.29. The molecule has 0 spiro atoms. The fraction of sp³-hybridized carbons (Fsp3) is 0. The molecule has 0 aliphatic heterocycles. The molecular weight excluding hydrogens is 502 g/mol. The zero-order valence-corrected chi connectivity index (χ0v) is 22.4. The number of benzene rings is 7. The largest absolute Gasteiger partial charge is 0.354 e. The minimum atomic E-state index is 1.18. The lowest BCUT2D eigenvalue weighted by molar-refractivity contribution is 1.55. The Labute approximate surface area is 234 Å². The minimum absolute atomic E-state index is 1.18. The van der Waals surface area contributed by atoms with E-state index >= 15 is 0 Å². The minimum Gasteiger partial charge on any atom is -0.354 e. The van der Waals surface area contributed by atoms with Crippen molar-refractivity contribution in [3.63, 3.8) is 0 Å². The molecule has 0 aliphatic rings. The maximum absolute atomic E-state index is 3.76. The summed E-state index contributed by atoms with van der Waals surface area (Å²) in [7, 11) is 0. The number of hydrogen-bond acceptors (Lipinski definition) is 1. The number of aromatic nitrogens is 1. The highest BCUT2D eigenvalue weighted by molar-refractivity contribution is 7.27. The summed E-state index contributed by atoms with van der Waals surface area (Å²) in [5, 5.41) is 10.6. The van der Waals surface area contributed by atoms with Crippen molar-refractivity contribution in [2.75, 3.05) is 0 Å². The van der Waals surface area contributed by atoms with E-state index in [1.807, 2.05) is 11.3 Å². The van der Waals surface area contributed by atoms with Crippen LogP contribution in [0.3, 0.4) is 0 Å². The maximum atomic E-state index is 3.76. The van der Waals surface area contributed by atoms with Crippen molar-refractivity contribution in [3.05, 3.63) is 133 Å². The first kappa shape index (κ1) is 22.0. The topological polar surface area (TPSA) is 15.8 Å². The molecule has 0 amide bonds. The van der Waals surface area contributed by atoms with Gasteiger partial charge in [-0.15, -0.1) is 11.3 Å². The van der Waals surface area contributed by atoms with E-state index in [1.165, 1.54) is 85.8 Å². The highest BCUT2D eigenvalue weighted by Gasteiger charge is 2.21. The molecular formula is C38H23NS. The predicted molar refractivity (Wildman–Crippen MR) is 175 cm³/mol. The van der Waals surface area contributed by atoms with E-state index in [0.717, 1.165) is 0 Å². The Hall–Kier alpha value is -4.92. The predicted octanol–water partition coefficient (Wildman–Crippen LogP) is 11.3. The van der Waals surface area contributed by atoms with Crippen molar-refractivity contribution in [2.45, 2.75) is 0 Å². The van der Waals surface area contributed by atoms with Crippen molar-refractivity contribution < 1.29 is 0 Å². The molecule has 2 heterocycles. The van der Waals surface area contributed by atoms with Crippen LogP contribution >= 0.6 is 11.3 Å². The standard InChI is InChI=1S/C38H23NS/c1-2-10-23(11-3-1)24-18-20-25(21-19-24)31-22-33-34(30-16-8-9-17-32(30)39-33)36-35-28-14-6-4-12-26(28)27-13-5-7-15-29(27)37(35)40-38(31)36/h1-22,39H. The number of aromatic amines is 1. The molecule has 0 aliphatic carbocycles. The van der Waals surface area contributed by atoms with Gasteiger partial charge in [0.2, 0.25) is 0 Å². The molecule has 2 aromatic heterocycles. The molecule has 9 rings (SSSR count). The summed E-state index contributed by atoms with van der Waals surface area (Å²) in [6.45, 7) is 0. The van der Waals surface area contributed by atoms with E-state index in [4.69, 9.17) is 0 Å². The third kappa shape index (κ3) is 3.03. The summed E-state index contributed by atoms with van der Waals surface area (Å²) in [6, 6.07) is 48.6. The zero-order valence-electron chi connectivity index (χ0n) is 21.6. The second-order valence-corrected chi connectivity index (χ2v) is 11.6. The van der Waals surface area contributed by atoms with Crippen molar-refractivity contribution >= 4 is 74.9 Å². The summed E-state index contributed by atoms with van der Waals surface area (Å²) in [6.07, 6.45) is 0. The average molecular weight is 526 g/mol. The number of hydrogen-bond donors (Lipinski definition) is 1. The van der Waals surface area contributed by atoms with Crippen molar-refractivity contribution in [2.24, 2.45) is 0 Å². The lowest BCUT2D eigenvalue weighted by Crippen LogP contribution is -1.83. The quantitative estimate of drug-likeness (QED) is 0.216. The van der Waals surface area contributed by atoms with Gasteiger partial charge in [-0.2, -0.15) is 0 Å². The highest BCUT2D eigenvalue weighted by Crippen LogP contribution is 2.50. The first-order valence-corrected chi connectivity index (χ1v) is 14.5. The summed E-state index contributed by atoms with van der Waals surface area (Å²) in [5.41, 5.74) is 7.37. The van der Waals surface area contributed by atoms with Gasteiger partial charge in [0.05, 0.1) is 0 Å². The molecule has 0 unspecified atom stereocenters. The van der Waals surface area contributed by atoms with Gasteiger partial charge in [0, 0.05) is 52.9 Å². The number of nitrogens with one attached hydrogen (secondary N) is 1. The molecule has 0 saturated heterocycles. The Balaban J connectivity index is 1.47. The SMILES string of the molecule is c1ccc(-c2ccc(-c3cc4[nH]c5ccccc5c4c4c3sc3c5ccccc5c5ccccc5c34)cc2)cc1. The third-order valence-electron chi connectivity index (χ3n) is 8.39. The Morgan fingerprint density at radius 3 is 1.73 bits per heavy atom. The molecule has 2 heteroatoms. The second-order valence-electron chi connectivity index (χ2n) is 10.6. The number of H-pyrrole nitrogens is 1. The molecule has 1 N–H and O–H groups in total. The smallest absolute Gasteiger partial charge is 0.0478 e. The Morgan fingerprint density at radius 1 is 0.375 bits per heavy atom. The summed E-state index contributed by atoms with van der Waals surface area (Å²) < 4.78 is 2.71. The third-order valence-corrected chi connectivity index (χ3v) is 9.64. The summed E-state index contributed by atoms with van der Waals surface area (Å²) in [4.78, 5) is 3.76. The lowest BCUT2D eigenvalue weighted by atomic mass is 9.93. The van der Waals surface area contributed by atoms with Crippen LogP contribution in [0.1, 0.15) is 0 Å². The van der Waals surface area contributed by atoms with Gasteiger partial charge in [-0.25, -0.2) is 0 Å². The highest BCUT2D eigenvalue weighted by atomic mass is 32.1. The van der Waals surface area contributed by atoms with Gasteiger partial charge in [0.1, 0.15) is 0 Å². The fourth-order valence-corrected chi connectivity index (χ4v) is 7.99. The zero-order chi connectivity index (χ0) is 26.2. The number of fused-ring (bicyclic) bond motifs is 12. The molecule has 186 valence electrons. The van der Waals surface area contributed by atoms with Gasteiger partial charge in [-0.3, -0.25) is 0 Å². The van der Waals surface area contributed by atoms with Crippen LogP contribution in [0.5, 0.6) is 0 Å². The van der Waals surface area contributed by atoms with Crippen LogP contribution in [0.4, 0.5) is 0 Å². The summed E-state index contributed by atoms with van der Waals surface area (Å²) in [5.74, 6) is 0. The number of para-hydroxylation sites is 1. The van der Waals surface area contributed by atoms with Gasteiger partial charge in [-0.1, -0.05) is 121 Å². The van der Waals surface area contributed by atoms with Crippen LogP contribution < -0.4 is 0 Å². The van der Waals surface area contributed by atoms with E-state index in [0.29, 0.717) is 0 Å². The summed E-state index contributed by atoms with van der Waals surface area (Å²) >= 11 is 1.94. The molecule has 9 aromatic rings. The fourth-order valence-electron chi connectivity index (χ4n) is 6.60. The van der Waals surface area contributed by atoms with E-state index < -0.39 is 0 Å². The van der Waals surface area contributed by atoms with Crippen LogP contribution in [-0.2, 0) is 0 Å². The Bertz CT molecular complexity index is 2410. The van der Waals surface area contributed by atoms with Crippen LogP contribution in [0, 0.1) is 0 Å². The average Bonchev–Trinajstić information content (AvgIpc) is 3.60. The van der Waals surface area contributed by atoms with Crippen LogP contribution in [0.15, 0.2) is 133 Å². The normalized spacial score (nSPS) is 12.0. The first-order chi connectivity index (χ1) is 19.8. The Kier molecular flexibility index (Phi) is 4.55. The Morgan fingerprint density at radius 2 is 0.950 bits per heavy atom. The van der Waals surface area contributed by atoms with Crippen LogP contribution in [-0.4, -0.2) is 4.98 Å². The monoisotopic (exact) mass is 525 g/mol. The van der Waals surface area contributed by atoms with Crippen molar-refractivity contribution in [1.82, 2.24) is 4.98 Å². The molecule has 40 heavy (non-hydrogen) atoms. The van der Waals surface area contributed by atoms with Crippen molar-refractivity contribution in [3.8, 4) is 22.3 Å². The molecule has 0 saturated carbocycles. The molecule has 0 bridgehead atoms. The van der Waals surface area contributed by atoms with E-state index in [1.54, 1.807) is 0 Å². The molecule has 1 nitrogen and oxygen atoms in total. The lowest BCUT2D eigenvalue weighted by Gasteiger charge is -2.09. The van der Waals surface area contributed by atoms with Gasteiger partial charge >= 0.3 is 0 Å². The molecule has 0 atom stereocenters. The van der Waals surface area contributed by atoms with E-state index in [-0.39, 0.29) is 0 Å². The first-order valence-electron chi connectivity index (χ1n) is 13.7. The van der Waals surface area contributed by atoms with Gasteiger partial charge in [-0.05, 0) is 45.0 Å². The van der Waals surface area contributed by atoms with Crippen LogP contribution in [0.25, 0.3) is 85.8 Å². The molecule has 0 radical (unpaired) electrons. The van der Waals surface area contributed by atoms with E-state index in [2.05, 4.69) is 138 Å². The van der Waals surface area contributed by atoms with Gasteiger partial charge < -0.3 is 4.98 Å². The maximum Gasteiger partial charge on any atom is 0.0478 e. The van der Waals surface area contributed by atoms with Gasteiger partial charge in [0.15, 0.2) is 0 Å². The molecule has 0 fully saturated rings. The molecule has 7 aromatic carbocycles. The van der Waals surface area contributed by atoms with Crippen molar-refractivity contribution in [1.29, 1.82) is 0 Å². The number of rotatable bonds is 2. The van der Waals surface area contributed by atoms with Crippen LogP contribution in [0.2, 0.25) is 0 Å².